The summed E-state index contributed by atoms with van der Waals surface area (Å²) in [5, 5.41) is 4.01. The molecule has 0 radical (unpaired) electrons. The van der Waals surface area contributed by atoms with Crippen LogP contribution in [0.15, 0.2) is 24.3 Å². The summed E-state index contributed by atoms with van der Waals surface area (Å²) < 4.78 is 0. The quantitative estimate of drug-likeness (QED) is 0.823. The van der Waals surface area contributed by atoms with Crippen molar-refractivity contribution in [2.45, 2.75) is 75.8 Å². The summed E-state index contributed by atoms with van der Waals surface area (Å²) >= 11 is 0. The third-order valence-electron chi connectivity index (χ3n) is 5.70. The van der Waals surface area contributed by atoms with E-state index in [0.29, 0.717) is 18.5 Å². The van der Waals surface area contributed by atoms with Gasteiger partial charge in [-0.3, -0.25) is 0 Å². The van der Waals surface area contributed by atoms with E-state index in [4.69, 9.17) is 5.73 Å². The molecule has 0 heterocycles. The topological polar surface area (TPSA) is 38.0 Å². The van der Waals surface area contributed by atoms with Crippen LogP contribution in [-0.4, -0.2) is 12.6 Å². The molecule has 0 spiro atoms. The first kappa shape index (κ1) is 15.1. The van der Waals surface area contributed by atoms with Crippen LogP contribution in [0.3, 0.4) is 0 Å². The highest BCUT2D eigenvalue weighted by Crippen LogP contribution is 2.41. The van der Waals surface area contributed by atoms with Crippen LogP contribution in [0.1, 0.15) is 75.3 Å². The molecule has 0 bridgehead atoms. The highest BCUT2D eigenvalue weighted by Gasteiger charge is 2.38. The lowest BCUT2D eigenvalue weighted by Gasteiger charge is -2.44. The molecule has 21 heavy (non-hydrogen) atoms. The van der Waals surface area contributed by atoms with Gasteiger partial charge in [0.1, 0.15) is 0 Å². The molecule has 2 aliphatic carbocycles. The number of hydrogen-bond acceptors (Lipinski definition) is 2. The van der Waals surface area contributed by atoms with Crippen molar-refractivity contribution in [3.8, 4) is 0 Å². The minimum atomic E-state index is 0.0120. The number of hydrogen-bond donors (Lipinski definition) is 2. The second-order valence-electron chi connectivity index (χ2n) is 7.15. The first-order valence-electron chi connectivity index (χ1n) is 8.82. The molecule has 2 aliphatic rings. The predicted octanol–water partition coefficient (Wildman–Crippen LogP) is 4.05. The van der Waals surface area contributed by atoms with E-state index in [1.807, 2.05) is 0 Å². The third-order valence-corrected chi connectivity index (χ3v) is 5.70. The van der Waals surface area contributed by atoms with Crippen LogP contribution >= 0.6 is 0 Å². The zero-order chi connectivity index (χ0) is 14.7. The minimum absolute atomic E-state index is 0.0120. The lowest BCUT2D eigenvalue weighted by atomic mass is 9.72. The molecule has 2 atom stereocenters. The molecule has 1 aromatic carbocycles. The Morgan fingerprint density at radius 1 is 1.10 bits per heavy atom. The summed E-state index contributed by atoms with van der Waals surface area (Å²) in [4.78, 5) is 0. The average molecular weight is 286 g/mol. The van der Waals surface area contributed by atoms with Crippen LogP contribution in [0.2, 0.25) is 0 Å². The van der Waals surface area contributed by atoms with Gasteiger partial charge < -0.3 is 11.1 Å². The van der Waals surface area contributed by atoms with E-state index in [1.54, 1.807) is 0 Å². The summed E-state index contributed by atoms with van der Waals surface area (Å²) in [5.74, 6) is 0.664. The maximum atomic E-state index is 6.29. The van der Waals surface area contributed by atoms with E-state index in [9.17, 15) is 0 Å². The van der Waals surface area contributed by atoms with Gasteiger partial charge in [0.05, 0.1) is 5.54 Å². The van der Waals surface area contributed by atoms with Crippen molar-refractivity contribution >= 4 is 0 Å². The normalized spacial score (nSPS) is 30.7. The monoisotopic (exact) mass is 286 g/mol. The van der Waals surface area contributed by atoms with Gasteiger partial charge in [-0.05, 0) is 42.7 Å². The number of benzene rings is 1. The first-order chi connectivity index (χ1) is 10.2. The molecule has 2 heteroatoms. The molecule has 1 aromatic rings. The molecule has 0 aliphatic heterocycles. The number of fused-ring (bicyclic) bond motifs is 1. The third kappa shape index (κ3) is 3.02. The molecule has 0 amide bonds. The first-order valence-corrected chi connectivity index (χ1v) is 8.82. The molecular formula is C19H30N2. The van der Waals surface area contributed by atoms with Crippen molar-refractivity contribution < 1.29 is 0 Å². The molecule has 1 saturated carbocycles. The van der Waals surface area contributed by atoms with Crippen LogP contribution in [0.4, 0.5) is 0 Å². The van der Waals surface area contributed by atoms with E-state index in [1.165, 1.54) is 62.5 Å². The molecule has 0 saturated heterocycles. The van der Waals surface area contributed by atoms with Crippen LogP contribution in [0.5, 0.6) is 0 Å². The van der Waals surface area contributed by atoms with Crippen molar-refractivity contribution in [1.29, 1.82) is 0 Å². The number of nitrogens with one attached hydrogen (secondary N) is 1. The maximum absolute atomic E-state index is 6.29. The van der Waals surface area contributed by atoms with Crippen molar-refractivity contribution in [3.05, 3.63) is 35.4 Å². The predicted molar refractivity (Wildman–Crippen MR) is 89.4 cm³/mol. The summed E-state index contributed by atoms with van der Waals surface area (Å²) in [6.45, 7) is 3.07. The maximum Gasteiger partial charge on any atom is 0.0563 e. The molecule has 1 fully saturated rings. The smallest absolute Gasteiger partial charge is 0.0563 e. The summed E-state index contributed by atoms with van der Waals surface area (Å²) in [5.41, 5.74) is 9.28. The van der Waals surface area contributed by atoms with Gasteiger partial charge in [-0.1, -0.05) is 56.9 Å². The van der Waals surface area contributed by atoms with E-state index in [2.05, 4.69) is 36.5 Å². The Balaban J connectivity index is 1.87. The molecule has 2 nitrogen and oxygen atoms in total. The average Bonchev–Trinajstić information content (AvgIpc) is 2.79. The lowest BCUT2D eigenvalue weighted by molar-refractivity contribution is 0.236. The van der Waals surface area contributed by atoms with Gasteiger partial charge in [0.25, 0.3) is 0 Å². The van der Waals surface area contributed by atoms with E-state index in [0.717, 1.165) is 0 Å². The molecule has 3 rings (SSSR count). The van der Waals surface area contributed by atoms with Crippen LogP contribution in [-0.2, 0) is 5.54 Å². The highest BCUT2D eigenvalue weighted by atomic mass is 15.0. The number of rotatable bonds is 3. The Labute approximate surface area is 129 Å². The van der Waals surface area contributed by atoms with Crippen molar-refractivity contribution in [2.24, 2.45) is 5.73 Å². The standard InChI is InChI=1S/C19H30N2/c1-15-12-13-19(14-20,18-11-7-6-10-17(15)18)21-16-8-4-2-3-5-9-16/h6-7,10-11,15-16,21H,2-5,8-9,12-14,20H2,1H3. The highest BCUT2D eigenvalue weighted by molar-refractivity contribution is 5.39. The van der Waals surface area contributed by atoms with Gasteiger partial charge in [-0.2, -0.15) is 0 Å². The zero-order valence-corrected chi connectivity index (χ0v) is 13.4. The second kappa shape index (κ2) is 6.50. The van der Waals surface area contributed by atoms with Crippen molar-refractivity contribution in [1.82, 2.24) is 5.32 Å². The van der Waals surface area contributed by atoms with Gasteiger partial charge in [-0.25, -0.2) is 0 Å². The van der Waals surface area contributed by atoms with Gasteiger partial charge >= 0.3 is 0 Å². The van der Waals surface area contributed by atoms with Crippen LogP contribution in [0.25, 0.3) is 0 Å². The molecule has 2 unspecified atom stereocenters. The lowest BCUT2D eigenvalue weighted by Crippen LogP contribution is -2.54. The van der Waals surface area contributed by atoms with Gasteiger partial charge in [0.2, 0.25) is 0 Å². The van der Waals surface area contributed by atoms with E-state index in [-0.39, 0.29) is 5.54 Å². The van der Waals surface area contributed by atoms with E-state index < -0.39 is 0 Å². The van der Waals surface area contributed by atoms with Gasteiger partial charge in [0, 0.05) is 12.6 Å². The zero-order valence-electron chi connectivity index (χ0n) is 13.4. The van der Waals surface area contributed by atoms with Crippen molar-refractivity contribution in [2.75, 3.05) is 6.54 Å². The summed E-state index contributed by atoms with van der Waals surface area (Å²) in [6.07, 6.45) is 10.6. The Kier molecular flexibility index (Phi) is 4.66. The second-order valence-corrected chi connectivity index (χ2v) is 7.15. The summed E-state index contributed by atoms with van der Waals surface area (Å²) in [7, 11) is 0. The molecular weight excluding hydrogens is 256 g/mol. The van der Waals surface area contributed by atoms with Gasteiger partial charge in [0.15, 0.2) is 0 Å². The fourth-order valence-corrected chi connectivity index (χ4v) is 4.35. The minimum Gasteiger partial charge on any atom is -0.328 e. The SMILES string of the molecule is CC1CCC(CN)(NC2CCCCCC2)c2ccccc21. The Morgan fingerprint density at radius 3 is 2.52 bits per heavy atom. The Morgan fingerprint density at radius 2 is 1.81 bits per heavy atom. The van der Waals surface area contributed by atoms with Crippen molar-refractivity contribution in [3.63, 3.8) is 0 Å². The largest absolute Gasteiger partial charge is 0.328 e. The molecule has 116 valence electrons. The van der Waals surface area contributed by atoms with Crippen LogP contribution in [0, 0.1) is 0 Å². The Hall–Kier alpha value is -0.860. The van der Waals surface area contributed by atoms with E-state index >= 15 is 0 Å². The summed E-state index contributed by atoms with van der Waals surface area (Å²) in [6, 6.07) is 9.61. The molecule has 0 aromatic heterocycles. The number of nitrogens with two attached hydrogens (primary N) is 1. The van der Waals surface area contributed by atoms with Gasteiger partial charge in [-0.15, -0.1) is 0 Å². The molecule has 3 N–H and O–H groups in total. The fraction of sp³-hybridized carbons (Fsp3) is 0.684. The Bertz CT molecular complexity index is 462. The fourth-order valence-electron chi connectivity index (χ4n) is 4.35. The van der Waals surface area contributed by atoms with Crippen LogP contribution < -0.4 is 11.1 Å².